The zero-order valence-corrected chi connectivity index (χ0v) is 14.4. The van der Waals surface area contributed by atoms with E-state index in [2.05, 4.69) is 5.32 Å². The Balaban J connectivity index is 1.83. The fourth-order valence-electron chi connectivity index (χ4n) is 2.13. The topological polar surface area (TPSA) is 49.3 Å². The Morgan fingerprint density at radius 2 is 2.00 bits per heavy atom. The first-order chi connectivity index (χ1) is 10.5. The van der Waals surface area contributed by atoms with Crippen LogP contribution >= 0.6 is 34.5 Å². The van der Waals surface area contributed by atoms with Crippen LogP contribution in [-0.4, -0.2) is 23.5 Å². The Bertz CT molecular complexity index is 630. The molecule has 0 radical (unpaired) electrons. The van der Waals surface area contributed by atoms with Gasteiger partial charge in [-0.05, 0) is 18.6 Å². The molecule has 1 aromatic carbocycles. The monoisotopic (exact) mass is 357 g/mol. The molecule has 2 atom stereocenters. The maximum Gasteiger partial charge on any atom is 0.166 e. The number of ketones is 1. The van der Waals surface area contributed by atoms with Gasteiger partial charge in [-0.15, -0.1) is 11.3 Å². The molecule has 0 aliphatic carbocycles. The molecule has 1 heterocycles. The van der Waals surface area contributed by atoms with E-state index >= 15 is 0 Å². The third-order valence-corrected chi connectivity index (χ3v) is 4.88. The van der Waals surface area contributed by atoms with Gasteiger partial charge in [0, 0.05) is 24.6 Å². The van der Waals surface area contributed by atoms with Crippen LogP contribution in [0.4, 0.5) is 0 Å². The van der Waals surface area contributed by atoms with E-state index in [0.29, 0.717) is 27.2 Å². The number of rotatable bonds is 7. The van der Waals surface area contributed by atoms with Gasteiger partial charge in [0.05, 0.1) is 10.4 Å². The molecular formula is C16H17Cl2NO2S. The van der Waals surface area contributed by atoms with E-state index in [0.717, 1.165) is 5.56 Å². The van der Waals surface area contributed by atoms with E-state index < -0.39 is 6.10 Å². The van der Waals surface area contributed by atoms with Crippen LogP contribution in [0.5, 0.6) is 0 Å². The minimum atomic E-state index is -0.615. The van der Waals surface area contributed by atoms with Crippen molar-refractivity contribution in [2.75, 3.05) is 6.54 Å². The highest BCUT2D eigenvalue weighted by atomic mass is 35.5. The lowest BCUT2D eigenvalue weighted by Crippen LogP contribution is -2.33. The molecule has 0 aliphatic heterocycles. The molecule has 0 spiro atoms. The smallest absolute Gasteiger partial charge is 0.166 e. The second-order valence-electron chi connectivity index (χ2n) is 5.01. The fourth-order valence-corrected chi connectivity index (χ4v) is 3.63. The number of aliphatic hydroxyl groups is 1. The van der Waals surface area contributed by atoms with Gasteiger partial charge in [-0.1, -0.05) is 53.5 Å². The van der Waals surface area contributed by atoms with Crippen LogP contribution in [-0.2, 0) is 0 Å². The number of benzene rings is 1. The van der Waals surface area contributed by atoms with Crippen molar-refractivity contribution in [2.45, 2.75) is 25.5 Å². The van der Waals surface area contributed by atoms with Gasteiger partial charge in [0.2, 0.25) is 0 Å². The Morgan fingerprint density at radius 1 is 1.32 bits per heavy atom. The van der Waals surface area contributed by atoms with Crippen LogP contribution in [0, 0.1) is 0 Å². The Labute approximate surface area is 143 Å². The summed E-state index contributed by atoms with van der Waals surface area (Å²) in [5.74, 6) is -0.0537. The van der Waals surface area contributed by atoms with Gasteiger partial charge in [-0.2, -0.15) is 0 Å². The van der Waals surface area contributed by atoms with Crippen LogP contribution < -0.4 is 5.32 Å². The number of hydrogen-bond donors (Lipinski definition) is 2. The molecule has 2 aromatic rings. The molecule has 2 rings (SSSR count). The molecule has 2 N–H and O–H groups in total. The summed E-state index contributed by atoms with van der Waals surface area (Å²) in [6.45, 7) is 2.35. The number of Topliss-reactive ketones (excluding diaryl/α,β-unsaturated/α-hetero) is 1. The number of nitrogens with one attached hydrogen (secondary N) is 1. The lowest BCUT2D eigenvalue weighted by molar-refractivity contribution is 0.0972. The summed E-state index contributed by atoms with van der Waals surface area (Å²) < 4.78 is 0.932. The van der Waals surface area contributed by atoms with Gasteiger partial charge in [-0.3, -0.25) is 4.79 Å². The first kappa shape index (κ1) is 17.4. The van der Waals surface area contributed by atoms with Crippen LogP contribution in [0.3, 0.4) is 0 Å². The second kappa shape index (κ2) is 8.09. The molecule has 118 valence electrons. The van der Waals surface area contributed by atoms with Crippen molar-refractivity contribution in [3.8, 4) is 0 Å². The van der Waals surface area contributed by atoms with E-state index in [1.54, 1.807) is 6.07 Å². The maximum absolute atomic E-state index is 12.1. The molecule has 0 saturated heterocycles. The molecular weight excluding hydrogens is 341 g/mol. The average molecular weight is 358 g/mol. The van der Waals surface area contributed by atoms with E-state index in [9.17, 15) is 9.90 Å². The molecule has 3 nitrogen and oxygen atoms in total. The predicted molar refractivity (Wildman–Crippen MR) is 92.2 cm³/mol. The highest BCUT2D eigenvalue weighted by molar-refractivity contribution is 7.20. The number of thiophene rings is 1. The molecule has 2 unspecified atom stereocenters. The van der Waals surface area contributed by atoms with Crippen LogP contribution in [0.2, 0.25) is 8.67 Å². The Kier molecular flexibility index (Phi) is 6.41. The lowest BCUT2D eigenvalue weighted by Gasteiger charge is -2.20. The summed E-state index contributed by atoms with van der Waals surface area (Å²) in [6.07, 6.45) is -0.311. The van der Waals surface area contributed by atoms with Gasteiger partial charge in [0.1, 0.15) is 4.34 Å². The third kappa shape index (κ3) is 4.54. The minimum Gasteiger partial charge on any atom is -0.387 e. The minimum absolute atomic E-state index is 0.0537. The zero-order valence-electron chi connectivity index (χ0n) is 12.1. The number of halogens is 2. The third-order valence-electron chi connectivity index (χ3n) is 3.39. The van der Waals surface area contributed by atoms with Gasteiger partial charge < -0.3 is 10.4 Å². The molecule has 0 amide bonds. The van der Waals surface area contributed by atoms with Crippen molar-refractivity contribution < 1.29 is 9.90 Å². The summed E-state index contributed by atoms with van der Waals surface area (Å²) in [5.41, 5.74) is 1.32. The van der Waals surface area contributed by atoms with E-state index in [4.69, 9.17) is 23.2 Å². The van der Waals surface area contributed by atoms with Crippen LogP contribution in [0.1, 0.15) is 35.4 Å². The number of aliphatic hydroxyl groups excluding tert-OH is 1. The van der Waals surface area contributed by atoms with E-state index in [1.165, 1.54) is 11.3 Å². The Morgan fingerprint density at radius 3 is 2.59 bits per heavy atom. The Hall–Kier alpha value is -0.910. The summed E-state index contributed by atoms with van der Waals surface area (Å²) >= 11 is 13.0. The maximum atomic E-state index is 12.1. The molecule has 1 aromatic heterocycles. The van der Waals surface area contributed by atoms with E-state index in [1.807, 2.05) is 37.3 Å². The van der Waals surface area contributed by atoms with Crippen molar-refractivity contribution in [1.82, 2.24) is 5.32 Å². The van der Waals surface area contributed by atoms with Gasteiger partial charge in [0.15, 0.2) is 5.78 Å². The van der Waals surface area contributed by atoms with Crippen molar-refractivity contribution in [1.29, 1.82) is 0 Å². The lowest BCUT2D eigenvalue weighted by atomic mass is 10.0. The summed E-state index contributed by atoms with van der Waals surface area (Å²) in [6, 6.07) is 10.9. The van der Waals surface area contributed by atoms with Crippen LogP contribution in [0.15, 0.2) is 36.4 Å². The average Bonchev–Trinajstić information content (AvgIpc) is 2.86. The summed E-state index contributed by atoms with van der Waals surface area (Å²) in [7, 11) is 0. The predicted octanol–water partition coefficient (Wildman–Crippen LogP) is 4.34. The van der Waals surface area contributed by atoms with Crippen molar-refractivity contribution in [3.05, 3.63) is 56.2 Å². The molecule has 0 saturated carbocycles. The fraction of sp³-hybridized carbons (Fsp3) is 0.312. The number of carbonyl (C=O) groups excluding carboxylic acids is 1. The first-order valence-electron chi connectivity index (χ1n) is 6.93. The second-order valence-corrected chi connectivity index (χ2v) is 7.29. The molecule has 0 aliphatic rings. The standard InChI is InChI=1S/C16H17Cl2NO2S/c1-10(15(21)11-5-3-2-4-6-11)19-8-7-13(20)12-9-14(17)22-16(12)18/h2-6,9-10,15,19,21H,7-8H2,1H3. The molecule has 6 heteroatoms. The zero-order chi connectivity index (χ0) is 16.1. The highest BCUT2D eigenvalue weighted by Crippen LogP contribution is 2.31. The summed E-state index contributed by atoms with van der Waals surface area (Å²) in [4.78, 5) is 12.1. The molecule has 0 bridgehead atoms. The highest BCUT2D eigenvalue weighted by Gasteiger charge is 2.17. The molecule has 0 fully saturated rings. The van der Waals surface area contributed by atoms with Crippen molar-refractivity contribution in [3.63, 3.8) is 0 Å². The van der Waals surface area contributed by atoms with Gasteiger partial charge in [0.25, 0.3) is 0 Å². The summed E-state index contributed by atoms with van der Waals surface area (Å²) in [5, 5.41) is 13.4. The number of carbonyl (C=O) groups is 1. The first-order valence-corrected chi connectivity index (χ1v) is 8.50. The van der Waals surface area contributed by atoms with Crippen molar-refractivity contribution in [2.24, 2.45) is 0 Å². The van der Waals surface area contributed by atoms with Crippen molar-refractivity contribution >= 4 is 40.3 Å². The SMILES string of the molecule is CC(NCCC(=O)c1cc(Cl)sc1Cl)C(O)c1ccccc1. The number of hydrogen-bond acceptors (Lipinski definition) is 4. The molecule has 22 heavy (non-hydrogen) atoms. The van der Waals surface area contributed by atoms with E-state index in [-0.39, 0.29) is 11.8 Å². The van der Waals surface area contributed by atoms with Crippen LogP contribution in [0.25, 0.3) is 0 Å². The largest absolute Gasteiger partial charge is 0.387 e. The normalized spacial score (nSPS) is 13.8. The quantitative estimate of drug-likeness (QED) is 0.724. The van der Waals surface area contributed by atoms with Gasteiger partial charge >= 0.3 is 0 Å². The van der Waals surface area contributed by atoms with Gasteiger partial charge in [-0.25, -0.2) is 0 Å².